The summed E-state index contributed by atoms with van der Waals surface area (Å²) in [6.07, 6.45) is 7.23. The van der Waals surface area contributed by atoms with Gasteiger partial charge in [-0.25, -0.2) is 4.98 Å². The van der Waals surface area contributed by atoms with Crippen molar-refractivity contribution in [2.75, 3.05) is 12.3 Å². The lowest BCUT2D eigenvalue weighted by atomic mass is 10.0. The molecule has 2 aromatic rings. The molecule has 1 saturated heterocycles. The second kappa shape index (κ2) is 7.21. The Balaban J connectivity index is 1.69. The summed E-state index contributed by atoms with van der Waals surface area (Å²) < 4.78 is 2.06. The number of hydrogen-bond acceptors (Lipinski definition) is 3. The number of rotatable bonds is 4. The zero-order chi connectivity index (χ0) is 16.2. The molecule has 5 heteroatoms. The van der Waals surface area contributed by atoms with E-state index in [0.717, 1.165) is 30.2 Å². The van der Waals surface area contributed by atoms with Crippen LogP contribution >= 0.6 is 11.8 Å². The Labute approximate surface area is 141 Å². The second-order valence-electron chi connectivity index (χ2n) is 6.09. The van der Waals surface area contributed by atoms with Crippen LogP contribution in [0.4, 0.5) is 0 Å². The van der Waals surface area contributed by atoms with Gasteiger partial charge in [0, 0.05) is 25.0 Å². The Bertz CT molecular complexity index is 682. The van der Waals surface area contributed by atoms with Gasteiger partial charge in [-0.3, -0.25) is 9.36 Å². The minimum absolute atomic E-state index is 0.224. The third-order valence-corrected chi connectivity index (χ3v) is 5.38. The number of para-hydroxylation sites is 1. The predicted molar refractivity (Wildman–Crippen MR) is 94.1 cm³/mol. The number of amides is 1. The molecule has 1 aromatic carbocycles. The van der Waals surface area contributed by atoms with Crippen molar-refractivity contribution in [3.63, 3.8) is 0 Å². The summed E-state index contributed by atoms with van der Waals surface area (Å²) >= 11 is 1.52. The van der Waals surface area contributed by atoms with Gasteiger partial charge in [0.1, 0.15) is 0 Å². The minimum atomic E-state index is 0.224. The van der Waals surface area contributed by atoms with Gasteiger partial charge in [-0.2, -0.15) is 0 Å². The average molecular weight is 329 g/mol. The molecule has 0 radical (unpaired) electrons. The summed E-state index contributed by atoms with van der Waals surface area (Å²) in [5, 5.41) is 0.873. The largest absolute Gasteiger partial charge is 0.339 e. The molecule has 0 N–H and O–H groups in total. The fourth-order valence-corrected chi connectivity index (χ4v) is 3.94. The third kappa shape index (κ3) is 3.61. The third-order valence-electron chi connectivity index (χ3n) is 4.43. The van der Waals surface area contributed by atoms with Crippen LogP contribution in [-0.2, 0) is 4.79 Å². The summed E-state index contributed by atoms with van der Waals surface area (Å²) in [6, 6.07) is 8.59. The molecule has 3 rings (SSSR count). The van der Waals surface area contributed by atoms with Crippen molar-refractivity contribution >= 4 is 17.7 Å². The van der Waals surface area contributed by atoms with E-state index in [2.05, 4.69) is 35.5 Å². The molecule has 1 amide bonds. The number of hydrogen-bond donors (Lipinski definition) is 0. The maximum absolute atomic E-state index is 12.5. The Morgan fingerprint density at radius 2 is 2.17 bits per heavy atom. The Morgan fingerprint density at radius 1 is 1.35 bits per heavy atom. The molecule has 23 heavy (non-hydrogen) atoms. The van der Waals surface area contributed by atoms with Crippen molar-refractivity contribution in [1.29, 1.82) is 0 Å². The smallest absolute Gasteiger partial charge is 0.233 e. The molecule has 1 aliphatic heterocycles. The Hall–Kier alpha value is -1.75. The number of benzene rings is 1. The van der Waals surface area contributed by atoms with Crippen LogP contribution in [0.2, 0.25) is 0 Å². The predicted octanol–water partition coefficient (Wildman–Crippen LogP) is 3.67. The minimum Gasteiger partial charge on any atom is -0.339 e. The van der Waals surface area contributed by atoms with Crippen molar-refractivity contribution in [2.24, 2.45) is 0 Å². The number of aromatic nitrogens is 2. The lowest BCUT2D eigenvalue weighted by Crippen LogP contribution is -2.42. The van der Waals surface area contributed by atoms with Gasteiger partial charge in [0.05, 0.1) is 11.4 Å². The quantitative estimate of drug-likeness (QED) is 0.803. The van der Waals surface area contributed by atoms with Crippen LogP contribution in [0.25, 0.3) is 5.69 Å². The fourth-order valence-electron chi connectivity index (χ4n) is 3.09. The molecular formula is C18H23N3OS. The van der Waals surface area contributed by atoms with Crippen LogP contribution in [0, 0.1) is 6.92 Å². The number of likely N-dealkylation sites (tertiary alicyclic amines) is 1. The Morgan fingerprint density at radius 3 is 2.96 bits per heavy atom. The topological polar surface area (TPSA) is 38.1 Å². The summed E-state index contributed by atoms with van der Waals surface area (Å²) in [4.78, 5) is 18.9. The van der Waals surface area contributed by atoms with E-state index in [1.807, 2.05) is 23.2 Å². The summed E-state index contributed by atoms with van der Waals surface area (Å²) in [7, 11) is 0. The van der Waals surface area contributed by atoms with Gasteiger partial charge >= 0.3 is 0 Å². The molecular weight excluding hydrogens is 306 g/mol. The highest BCUT2D eigenvalue weighted by atomic mass is 32.2. The second-order valence-corrected chi connectivity index (χ2v) is 7.03. The molecule has 1 aromatic heterocycles. The van der Waals surface area contributed by atoms with E-state index >= 15 is 0 Å². The standard InChI is InChI=1S/C18H23N3OS/c1-14-7-3-4-9-16(14)21-12-10-19-18(21)23-13-17(22)20-11-6-5-8-15(20)2/h3-4,7,9-10,12,15H,5-6,8,11,13H2,1-2H3. The van der Waals surface area contributed by atoms with Gasteiger partial charge in [0.25, 0.3) is 0 Å². The zero-order valence-corrected chi connectivity index (χ0v) is 14.6. The highest BCUT2D eigenvalue weighted by molar-refractivity contribution is 7.99. The summed E-state index contributed by atoms with van der Waals surface area (Å²) in [6.45, 7) is 5.13. The van der Waals surface area contributed by atoms with Crippen LogP contribution < -0.4 is 0 Å². The van der Waals surface area contributed by atoms with Crippen LogP contribution in [0.15, 0.2) is 41.8 Å². The summed E-state index contributed by atoms with van der Waals surface area (Å²) in [5.41, 5.74) is 2.31. The first kappa shape index (κ1) is 16.1. The number of imidazole rings is 1. The maximum atomic E-state index is 12.5. The fraction of sp³-hybridized carbons (Fsp3) is 0.444. The monoisotopic (exact) mass is 329 g/mol. The molecule has 0 spiro atoms. The van der Waals surface area contributed by atoms with Crippen molar-refractivity contribution in [3.05, 3.63) is 42.2 Å². The highest BCUT2D eigenvalue weighted by Gasteiger charge is 2.23. The Kier molecular flexibility index (Phi) is 5.06. The molecule has 1 aliphatic rings. The lowest BCUT2D eigenvalue weighted by molar-refractivity contribution is -0.131. The first-order valence-corrected chi connectivity index (χ1v) is 9.17. The number of piperidine rings is 1. The van der Waals surface area contributed by atoms with Crippen molar-refractivity contribution in [2.45, 2.75) is 44.3 Å². The normalized spacial score (nSPS) is 18.2. The van der Waals surface area contributed by atoms with E-state index in [9.17, 15) is 4.79 Å². The van der Waals surface area contributed by atoms with Gasteiger partial charge < -0.3 is 4.90 Å². The van der Waals surface area contributed by atoms with Crippen molar-refractivity contribution in [1.82, 2.24) is 14.5 Å². The van der Waals surface area contributed by atoms with E-state index in [0.29, 0.717) is 11.8 Å². The van der Waals surface area contributed by atoms with E-state index < -0.39 is 0 Å². The van der Waals surface area contributed by atoms with Crippen molar-refractivity contribution in [3.8, 4) is 5.69 Å². The average Bonchev–Trinajstić information content (AvgIpc) is 3.02. The van der Waals surface area contributed by atoms with E-state index in [1.165, 1.54) is 23.7 Å². The number of thioether (sulfide) groups is 1. The molecule has 1 fully saturated rings. The van der Waals surface area contributed by atoms with Crippen LogP contribution in [0.1, 0.15) is 31.7 Å². The first-order valence-electron chi connectivity index (χ1n) is 8.18. The highest BCUT2D eigenvalue weighted by Crippen LogP contribution is 2.24. The van der Waals surface area contributed by atoms with Crippen LogP contribution in [-0.4, -0.2) is 38.7 Å². The van der Waals surface area contributed by atoms with Crippen molar-refractivity contribution < 1.29 is 4.79 Å². The number of carbonyl (C=O) groups is 1. The van der Waals surface area contributed by atoms with Gasteiger partial charge in [0.2, 0.25) is 5.91 Å². The lowest BCUT2D eigenvalue weighted by Gasteiger charge is -2.33. The van der Waals surface area contributed by atoms with Gasteiger partial charge in [-0.15, -0.1) is 0 Å². The molecule has 0 saturated carbocycles. The number of aryl methyl sites for hydroxylation is 1. The first-order chi connectivity index (χ1) is 11.2. The van der Waals surface area contributed by atoms with E-state index in [-0.39, 0.29) is 5.91 Å². The summed E-state index contributed by atoms with van der Waals surface area (Å²) in [5.74, 6) is 0.675. The number of carbonyl (C=O) groups excluding carboxylic acids is 1. The molecule has 1 atom stereocenters. The van der Waals surface area contributed by atoms with E-state index in [1.54, 1.807) is 6.20 Å². The molecule has 0 bridgehead atoms. The van der Waals surface area contributed by atoms with Crippen LogP contribution in [0.5, 0.6) is 0 Å². The molecule has 2 heterocycles. The van der Waals surface area contributed by atoms with Crippen LogP contribution in [0.3, 0.4) is 0 Å². The molecule has 0 aliphatic carbocycles. The molecule has 1 unspecified atom stereocenters. The van der Waals surface area contributed by atoms with Gasteiger partial charge in [-0.1, -0.05) is 30.0 Å². The molecule has 122 valence electrons. The number of nitrogens with zero attached hydrogens (tertiary/aromatic N) is 3. The maximum Gasteiger partial charge on any atom is 0.233 e. The zero-order valence-electron chi connectivity index (χ0n) is 13.7. The SMILES string of the molecule is Cc1ccccc1-n1ccnc1SCC(=O)N1CCCCC1C. The van der Waals surface area contributed by atoms with E-state index in [4.69, 9.17) is 0 Å². The van der Waals surface area contributed by atoms with Gasteiger partial charge in [0.15, 0.2) is 5.16 Å². The van der Waals surface area contributed by atoms with Gasteiger partial charge in [-0.05, 0) is 44.7 Å². The molecule has 4 nitrogen and oxygen atoms in total.